The van der Waals surface area contributed by atoms with Crippen LogP contribution in [0, 0.1) is 0 Å². The maximum absolute atomic E-state index is 12.7. The predicted octanol–water partition coefficient (Wildman–Crippen LogP) is 3.20. The summed E-state index contributed by atoms with van der Waals surface area (Å²) in [5.41, 5.74) is 1.09. The molecule has 2 unspecified atom stereocenters. The Kier molecular flexibility index (Phi) is 5.16. The molecular formula is C21H24N2O3. The molecule has 2 fully saturated rings. The van der Waals surface area contributed by atoms with E-state index in [4.69, 9.17) is 9.47 Å². The highest BCUT2D eigenvalue weighted by atomic mass is 16.5. The zero-order valence-electron chi connectivity index (χ0n) is 14.8. The molecule has 1 amide bonds. The average molecular weight is 352 g/mol. The Balaban J connectivity index is 1.29. The molecule has 2 aliphatic rings. The van der Waals surface area contributed by atoms with Gasteiger partial charge in [0.05, 0.1) is 6.61 Å². The SMILES string of the molecule is O=C(COCc1ccccc1)N1C2CCC1CC(Oc1ccncc1)C2. The second-order valence-corrected chi connectivity index (χ2v) is 7.06. The van der Waals surface area contributed by atoms with E-state index in [1.165, 1.54) is 0 Å². The lowest BCUT2D eigenvalue weighted by atomic mass is 9.99. The maximum Gasteiger partial charge on any atom is 0.249 e. The second kappa shape index (κ2) is 7.87. The van der Waals surface area contributed by atoms with Gasteiger partial charge in [0.25, 0.3) is 0 Å². The maximum atomic E-state index is 12.7. The van der Waals surface area contributed by atoms with Crippen molar-refractivity contribution in [3.05, 3.63) is 60.4 Å². The molecule has 1 aromatic heterocycles. The van der Waals surface area contributed by atoms with Crippen LogP contribution in [0.5, 0.6) is 5.75 Å². The number of benzene rings is 1. The van der Waals surface area contributed by atoms with Crippen molar-refractivity contribution >= 4 is 5.91 Å². The summed E-state index contributed by atoms with van der Waals surface area (Å²) in [6, 6.07) is 14.3. The van der Waals surface area contributed by atoms with Crippen molar-refractivity contribution in [2.45, 2.75) is 50.5 Å². The Hall–Kier alpha value is -2.40. The molecule has 2 aliphatic heterocycles. The molecule has 1 aromatic carbocycles. The lowest BCUT2D eigenvalue weighted by Crippen LogP contribution is -2.50. The summed E-state index contributed by atoms with van der Waals surface area (Å²) in [7, 11) is 0. The zero-order chi connectivity index (χ0) is 17.8. The molecule has 2 bridgehead atoms. The first kappa shape index (κ1) is 17.0. The van der Waals surface area contributed by atoms with Crippen molar-refractivity contribution in [1.82, 2.24) is 9.88 Å². The van der Waals surface area contributed by atoms with Gasteiger partial charge in [-0.1, -0.05) is 30.3 Å². The lowest BCUT2D eigenvalue weighted by Gasteiger charge is -2.38. The number of hydrogen-bond acceptors (Lipinski definition) is 4. The lowest BCUT2D eigenvalue weighted by molar-refractivity contribution is -0.142. The highest BCUT2D eigenvalue weighted by Gasteiger charge is 2.43. The summed E-state index contributed by atoms with van der Waals surface area (Å²) in [6.45, 7) is 0.626. The van der Waals surface area contributed by atoms with E-state index in [1.54, 1.807) is 12.4 Å². The van der Waals surface area contributed by atoms with Gasteiger partial charge in [-0.3, -0.25) is 9.78 Å². The third-order valence-electron chi connectivity index (χ3n) is 5.27. The van der Waals surface area contributed by atoms with Gasteiger partial charge in [-0.25, -0.2) is 0 Å². The van der Waals surface area contributed by atoms with Crippen molar-refractivity contribution in [2.24, 2.45) is 0 Å². The van der Waals surface area contributed by atoms with Crippen LogP contribution in [-0.4, -0.2) is 40.6 Å². The minimum absolute atomic E-state index is 0.107. The number of amides is 1. The third kappa shape index (κ3) is 3.88. The number of carbonyl (C=O) groups excluding carboxylic acids is 1. The fourth-order valence-corrected chi connectivity index (χ4v) is 4.14. The van der Waals surface area contributed by atoms with Crippen LogP contribution in [0.3, 0.4) is 0 Å². The van der Waals surface area contributed by atoms with Crippen molar-refractivity contribution in [1.29, 1.82) is 0 Å². The minimum atomic E-state index is 0.107. The minimum Gasteiger partial charge on any atom is -0.490 e. The van der Waals surface area contributed by atoms with E-state index in [0.717, 1.165) is 37.0 Å². The van der Waals surface area contributed by atoms with Gasteiger partial charge in [0.2, 0.25) is 5.91 Å². The number of nitrogens with zero attached hydrogens (tertiary/aromatic N) is 2. The quantitative estimate of drug-likeness (QED) is 0.801. The molecule has 136 valence electrons. The monoisotopic (exact) mass is 352 g/mol. The summed E-state index contributed by atoms with van der Waals surface area (Å²) >= 11 is 0. The van der Waals surface area contributed by atoms with E-state index in [9.17, 15) is 4.79 Å². The van der Waals surface area contributed by atoms with Crippen LogP contribution in [0.2, 0.25) is 0 Å². The van der Waals surface area contributed by atoms with Gasteiger partial charge >= 0.3 is 0 Å². The molecular weight excluding hydrogens is 328 g/mol. The van der Waals surface area contributed by atoms with Gasteiger partial charge in [0, 0.05) is 37.3 Å². The molecule has 0 aliphatic carbocycles. The van der Waals surface area contributed by atoms with E-state index in [2.05, 4.69) is 9.88 Å². The predicted molar refractivity (Wildman–Crippen MR) is 97.6 cm³/mol. The molecule has 5 heteroatoms. The Morgan fingerprint density at radius 3 is 2.42 bits per heavy atom. The van der Waals surface area contributed by atoms with Gasteiger partial charge in [-0.15, -0.1) is 0 Å². The number of aromatic nitrogens is 1. The van der Waals surface area contributed by atoms with E-state index < -0.39 is 0 Å². The van der Waals surface area contributed by atoms with Crippen LogP contribution in [-0.2, 0) is 16.1 Å². The standard InChI is InChI=1S/C21H24N2O3/c24-21(15-25-14-16-4-2-1-3-5-16)23-17-6-7-18(23)13-20(12-17)26-19-8-10-22-11-9-19/h1-5,8-11,17-18,20H,6-7,12-15H2. The fraction of sp³-hybridized carbons (Fsp3) is 0.429. The van der Waals surface area contributed by atoms with Crippen molar-refractivity contribution in [2.75, 3.05) is 6.61 Å². The third-order valence-corrected chi connectivity index (χ3v) is 5.27. The van der Waals surface area contributed by atoms with E-state index in [0.29, 0.717) is 6.61 Å². The van der Waals surface area contributed by atoms with Gasteiger partial charge in [-0.2, -0.15) is 0 Å². The van der Waals surface area contributed by atoms with Crippen LogP contribution < -0.4 is 4.74 Å². The van der Waals surface area contributed by atoms with Gasteiger partial charge in [0.1, 0.15) is 18.5 Å². The largest absolute Gasteiger partial charge is 0.490 e. The summed E-state index contributed by atoms with van der Waals surface area (Å²) in [5, 5.41) is 0. The highest BCUT2D eigenvalue weighted by molar-refractivity contribution is 5.78. The van der Waals surface area contributed by atoms with E-state index in [1.807, 2.05) is 42.5 Å². The Morgan fingerprint density at radius 2 is 1.73 bits per heavy atom. The number of hydrogen-bond donors (Lipinski definition) is 0. The molecule has 4 rings (SSSR count). The first-order valence-corrected chi connectivity index (χ1v) is 9.29. The first-order valence-electron chi connectivity index (χ1n) is 9.29. The average Bonchev–Trinajstić information content (AvgIpc) is 2.94. The second-order valence-electron chi connectivity index (χ2n) is 7.06. The highest BCUT2D eigenvalue weighted by Crippen LogP contribution is 2.37. The fourth-order valence-electron chi connectivity index (χ4n) is 4.14. The van der Waals surface area contributed by atoms with Crippen molar-refractivity contribution < 1.29 is 14.3 Å². The van der Waals surface area contributed by atoms with Gasteiger partial charge < -0.3 is 14.4 Å². The van der Waals surface area contributed by atoms with Crippen LogP contribution >= 0.6 is 0 Å². The molecule has 0 radical (unpaired) electrons. The number of rotatable bonds is 6. The van der Waals surface area contributed by atoms with Crippen LogP contribution in [0.15, 0.2) is 54.9 Å². The molecule has 3 heterocycles. The van der Waals surface area contributed by atoms with E-state index >= 15 is 0 Å². The number of pyridine rings is 1. The zero-order valence-corrected chi connectivity index (χ0v) is 14.8. The van der Waals surface area contributed by atoms with Crippen LogP contribution in [0.4, 0.5) is 0 Å². The molecule has 5 nitrogen and oxygen atoms in total. The molecule has 0 saturated carbocycles. The number of piperidine rings is 1. The summed E-state index contributed by atoms with van der Waals surface area (Å²) < 4.78 is 11.7. The summed E-state index contributed by atoms with van der Waals surface area (Å²) in [5.74, 6) is 0.964. The normalized spacial score (nSPS) is 24.5. The molecule has 2 saturated heterocycles. The topological polar surface area (TPSA) is 51.7 Å². The molecule has 2 aromatic rings. The van der Waals surface area contributed by atoms with Gasteiger partial charge in [-0.05, 0) is 30.5 Å². The summed E-state index contributed by atoms with van der Waals surface area (Å²) in [6.07, 6.45) is 7.56. The first-order chi connectivity index (χ1) is 12.8. The Bertz CT molecular complexity index is 709. The number of fused-ring (bicyclic) bond motifs is 2. The number of ether oxygens (including phenoxy) is 2. The Morgan fingerprint density at radius 1 is 1.04 bits per heavy atom. The van der Waals surface area contributed by atoms with E-state index in [-0.39, 0.29) is 30.7 Å². The molecule has 0 spiro atoms. The summed E-state index contributed by atoms with van der Waals surface area (Å²) in [4.78, 5) is 18.7. The number of carbonyl (C=O) groups is 1. The van der Waals surface area contributed by atoms with Crippen molar-refractivity contribution in [3.63, 3.8) is 0 Å². The van der Waals surface area contributed by atoms with Crippen LogP contribution in [0.1, 0.15) is 31.2 Å². The molecule has 2 atom stereocenters. The molecule has 0 N–H and O–H groups in total. The Labute approximate surface area is 153 Å². The van der Waals surface area contributed by atoms with Crippen molar-refractivity contribution in [3.8, 4) is 5.75 Å². The molecule has 26 heavy (non-hydrogen) atoms. The van der Waals surface area contributed by atoms with Crippen LogP contribution in [0.25, 0.3) is 0 Å². The van der Waals surface area contributed by atoms with Gasteiger partial charge in [0.15, 0.2) is 0 Å². The smallest absolute Gasteiger partial charge is 0.249 e.